The maximum Gasteiger partial charge on any atom is 2.00 e. The predicted octanol–water partition coefficient (Wildman–Crippen LogP) is 2.62. The molecule has 0 spiro atoms. The van der Waals surface area contributed by atoms with Crippen LogP contribution in [-0.4, -0.2) is 56.8 Å². The molecule has 0 unspecified atom stereocenters. The van der Waals surface area contributed by atoms with E-state index in [0.717, 1.165) is 0 Å². The molecule has 0 aliphatic carbocycles. The number of hydrogen-bond acceptors (Lipinski definition) is 2. The number of nitrogens with one attached hydrogen (secondary N) is 6. The quantitative estimate of drug-likeness (QED) is 0.588. The van der Waals surface area contributed by atoms with Gasteiger partial charge in [0.05, 0.1) is 0 Å². The second kappa shape index (κ2) is 30.3. The molecule has 8 N–H and O–H groups in total. The number of hydrogen-bond donors (Lipinski definition) is 2. The molecular weight excluding hydrogens is 311 g/mol. The van der Waals surface area contributed by atoms with Gasteiger partial charge in [-0.3, -0.25) is 9.11 Å². The summed E-state index contributed by atoms with van der Waals surface area (Å²) < 4.78 is 31.6. The minimum Gasteiger partial charge on any atom is -0.679 e. The van der Waals surface area contributed by atoms with E-state index in [1.54, 1.807) is 0 Å². The monoisotopic (exact) mass is 330 g/mol. The minimum absolute atomic E-state index is 0. The molecule has 0 heterocycles. The van der Waals surface area contributed by atoms with E-state index in [9.17, 15) is 0 Å². The maximum absolute atomic E-state index is 8.74. The molecule has 0 amide bonds. The third-order valence-corrected chi connectivity index (χ3v) is 0.375. The molecule has 0 rings (SSSR count). The first-order valence-electron chi connectivity index (χ1n) is 4.32. The van der Waals surface area contributed by atoms with Gasteiger partial charge in [-0.1, -0.05) is 0 Å². The van der Waals surface area contributed by atoms with Crippen molar-refractivity contribution in [1.29, 1.82) is 0 Å². The van der Waals surface area contributed by atoms with Crippen LogP contribution in [0, 0.1) is 0 Å². The van der Waals surface area contributed by atoms with E-state index in [1.807, 2.05) is 0 Å². The summed E-state index contributed by atoms with van der Waals surface area (Å²) in [7, 11) is -4.67. The Morgan fingerprint density at radius 3 is 0.667 bits per heavy atom. The van der Waals surface area contributed by atoms with Crippen molar-refractivity contribution < 1.29 is 34.0 Å². The van der Waals surface area contributed by atoms with Crippen LogP contribution in [0.25, 0.3) is 34.4 Å². The normalized spacial score (nSPS) is 8.22. The average Bonchev–Trinajstić information content (AvgIpc) is 2.27. The summed E-state index contributed by atoms with van der Waals surface area (Å²) in [5.74, 6) is 0. The van der Waals surface area contributed by atoms with E-state index in [2.05, 4.69) is 0 Å². The Labute approximate surface area is 118 Å². The Hall–Kier alpha value is 0.124. The van der Waals surface area contributed by atoms with Crippen molar-refractivity contribution in [3.05, 3.63) is 34.4 Å². The smallest absolute Gasteiger partial charge is 0.679 e. The third-order valence-electron chi connectivity index (χ3n) is 0.375. The summed E-state index contributed by atoms with van der Waals surface area (Å²) in [5, 5.41) is 0. The molecule has 0 saturated carbocycles. The molecule has 12 heteroatoms. The summed E-state index contributed by atoms with van der Waals surface area (Å²) in [6.07, 6.45) is 0. The van der Waals surface area contributed by atoms with Crippen LogP contribution in [0.4, 0.5) is 0 Å². The van der Waals surface area contributed by atoms with E-state index in [0.29, 0.717) is 0 Å². The van der Waals surface area contributed by atoms with E-state index >= 15 is 0 Å². The van der Waals surface area contributed by atoms with Crippen LogP contribution in [0.2, 0.25) is 0 Å². The van der Waals surface area contributed by atoms with E-state index in [1.165, 1.54) is 0 Å². The Balaban J connectivity index is -0.0000000412. The summed E-state index contributed by atoms with van der Waals surface area (Å²) in [5.41, 5.74) is 37.6. The van der Waals surface area contributed by atoms with Crippen LogP contribution in [0.3, 0.4) is 0 Å². The third kappa shape index (κ3) is 378. The molecular formula is C6H20N6NiO4S-4. The van der Waals surface area contributed by atoms with Crippen LogP contribution in [0.15, 0.2) is 0 Å². The first-order valence-corrected chi connectivity index (χ1v) is 5.72. The summed E-state index contributed by atoms with van der Waals surface area (Å²) in [4.78, 5) is 0. The van der Waals surface area contributed by atoms with Crippen LogP contribution in [0.1, 0.15) is 0 Å². The first kappa shape index (κ1) is 30.9. The van der Waals surface area contributed by atoms with Crippen molar-refractivity contribution in [3.63, 3.8) is 0 Å². The zero-order chi connectivity index (χ0) is 14.7. The van der Waals surface area contributed by atoms with Gasteiger partial charge in [-0.2, -0.15) is 47.7 Å². The van der Waals surface area contributed by atoms with Gasteiger partial charge >= 0.3 is 26.9 Å². The Kier molecular flexibility index (Phi) is 51.9. The summed E-state index contributed by atoms with van der Waals surface area (Å²) in [6.45, 7) is 1.42. The van der Waals surface area contributed by atoms with Gasteiger partial charge in [-0.25, -0.2) is 0 Å². The van der Waals surface area contributed by atoms with Gasteiger partial charge in [0.25, 0.3) is 0 Å². The van der Waals surface area contributed by atoms with Crippen molar-refractivity contribution in [1.82, 2.24) is 0 Å². The summed E-state index contributed by atoms with van der Waals surface area (Å²) >= 11 is 0. The van der Waals surface area contributed by atoms with Crippen LogP contribution in [0.5, 0.6) is 0 Å². The minimum atomic E-state index is -4.67. The van der Waals surface area contributed by atoms with Crippen molar-refractivity contribution in [3.8, 4) is 0 Å². The predicted molar refractivity (Wildman–Crippen MR) is 69.3 cm³/mol. The Bertz CT molecular complexity index is 171. The molecule has 0 aromatic rings. The number of rotatable bonds is 3. The summed E-state index contributed by atoms with van der Waals surface area (Å²) in [6, 6.07) is 0. The average molecular weight is 331 g/mol. The Morgan fingerprint density at radius 2 is 0.667 bits per heavy atom. The molecule has 0 bridgehead atoms. The first-order chi connectivity index (χ1) is 7.74. The van der Waals surface area contributed by atoms with Gasteiger partial charge in [0.15, 0.2) is 0 Å². The largest absolute Gasteiger partial charge is 2.00 e. The van der Waals surface area contributed by atoms with Crippen LogP contribution < -0.4 is 0 Å². The fourth-order valence-corrected chi connectivity index (χ4v) is 0. The molecule has 10 nitrogen and oxygen atoms in total. The van der Waals surface area contributed by atoms with Crippen LogP contribution >= 0.6 is 0 Å². The zero-order valence-corrected chi connectivity index (χ0v) is 11.5. The second-order valence-electron chi connectivity index (χ2n) is 1.95. The zero-order valence-electron chi connectivity index (χ0n) is 9.68. The standard InChI is InChI=1S/3C2H6N2.Ni.H2O4S/c3*3-1-2-4;;1-5(2,3)4/h3*3-4H,1-2H2;;(H2,1,2,3,4)/q3*-2;+2;. The van der Waals surface area contributed by atoms with Crippen molar-refractivity contribution in [2.75, 3.05) is 39.3 Å². The van der Waals surface area contributed by atoms with Gasteiger partial charge < -0.3 is 34.4 Å². The van der Waals surface area contributed by atoms with Gasteiger partial charge in [0.2, 0.25) is 0 Å². The molecule has 0 aliphatic rings. The maximum atomic E-state index is 8.74. The van der Waals surface area contributed by atoms with E-state index in [4.69, 9.17) is 51.9 Å². The fraction of sp³-hybridized carbons (Fsp3) is 1.00. The van der Waals surface area contributed by atoms with E-state index in [-0.39, 0.29) is 55.8 Å². The van der Waals surface area contributed by atoms with Gasteiger partial charge in [-0.15, -0.1) is 0 Å². The van der Waals surface area contributed by atoms with Crippen molar-refractivity contribution in [2.24, 2.45) is 0 Å². The second-order valence-corrected chi connectivity index (χ2v) is 2.84. The Morgan fingerprint density at radius 1 is 0.611 bits per heavy atom. The van der Waals surface area contributed by atoms with Crippen molar-refractivity contribution in [2.45, 2.75) is 0 Å². The topological polar surface area (TPSA) is 217 Å². The molecule has 0 aromatic carbocycles. The van der Waals surface area contributed by atoms with Crippen molar-refractivity contribution >= 4 is 10.4 Å². The molecule has 0 saturated heterocycles. The van der Waals surface area contributed by atoms with Gasteiger partial charge in [0.1, 0.15) is 0 Å². The van der Waals surface area contributed by atoms with E-state index < -0.39 is 10.4 Å². The van der Waals surface area contributed by atoms with Crippen LogP contribution in [-0.2, 0) is 26.9 Å². The molecule has 0 atom stereocenters. The fourth-order valence-electron chi connectivity index (χ4n) is 0. The van der Waals surface area contributed by atoms with Gasteiger partial charge in [0, 0.05) is 0 Å². The molecule has 118 valence electrons. The molecule has 0 aliphatic heterocycles. The van der Waals surface area contributed by atoms with Gasteiger partial charge in [-0.05, 0) is 0 Å². The SMILES string of the molecule is O=S(=O)(O)O.[NH-]CC[NH-].[NH-]CC[NH-].[NH-]CC[NH-].[Ni+2]. The molecule has 0 aromatic heterocycles. The molecule has 0 radical (unpaired) electrons. The molecule has 18 heavy (non-hydrogen) atoms. The molecule has 0 fully saturated rings.